The van der Waals surface area contributed by atoms with E-state index in [4.69, 9.17) is 15.2 Å². The van der Waals surface area contributed by atoms with Gasteiger partial charge in [-0.05, 0) is 98.2 Å². The summed E-state index contributed by atoms with van der Waals surface area (Å²) in [6.45, 7) is 1.93. The van der Waals surface area contributed by atoms with E-state index in [0.29, 0.717) is 30.7 Å². The lowest BCUT2D eigenvalue weighted by atomic mass is 9.74. The first-order chi connectivity index (χ1) is 36.1. The van der Waals surface area contributed by atoms with E-state index < -0.39 is 99.6 Å². The smallest absolute Gasteiger partial charge is 0.388 e. The predicted molar refractivity (Wildman–Crippen MR) is 250 cm³/mol. The molecule has 6 atom stereocenters. The molecular formula is C51H51F12N9O5. The number of carbonyl (C=O) groups excluding carboxylic acids is 2. The SMILES string of the molecule is C[C@@H](OC[C@@]1(c2ccccc2)CC[C@@](C(=O)CO)(n2cnnc2)CN1)c1cc(C(F)(F)F)cc(C(F)(F)F)c1.C[C@@H](OC[C@@]1(c2ccccc2)CC[C@@](C(N)=O)(n2cnnc2)CN1)c1cc(C(F)(F)F)cc(C(F)(F)F)c1. The fraction of sp³-hybridized carbons (Fsp3) is 0.412. The fourth-order valence-corrected chi connectivity index (χ4v) is 9.55. The quantitative estimate of drug-likeness (QED) is 0.0720. The number of hydrogen-bond acceptors (Lipinski definition) is 11. The molecule has 77 heavy (non-hydrogen) atoms. The zero-order valence-electron chi connectivity index (χ0n) is 40.9. The Morgan fingerprint density at radius 2 is 0.883 bits per heavy atom. The third-order valence-corrected chi connectivity index (χ3v) is 14.3. The lowest BCUT2D eigenvalue weighted by Gasteiger charge is -2.47. The normalized spacial score (nSPS) is 23.1. The molecule has 0 bridgehead atoms. The van der Waals surface area contributed by atoms with Gasteiger partial charge in [-0.25, -0.2) is 0 Å². The van der Waals surface area contributed by atoms with Crippen molar-refractivity contribution in [2.75, 3.05) is 32.9 Å². The van der Waals surface area contributed by atoms with Gasteiger partial charge in [0.15, 0.2) is 5.78 Å². The fourth-order valence-electron chi connectivity index (χ4n) is 9.55. The second-order valence-corrected chi connectivity index (χ2v) is 18.9. The molecule has 5 N–H and O–H groups in total. The lowest BCUT2D eigenvalue weighted by Crippen LogP contribution is -2.62. The standard InChI is InChI=1S/C26H26F6N4O3.C25H25F6N5O2/c1-17(18-9-20(25(27,28)29)11-21(10-18)26(30,31)32)39-14-23(19-5-3-2-4-6-19)7-8-24(13-33-23,22(38)12-37)36-15-34-35-16-36;1-16(17-9-19(24(26,27)28)11-20(10-17)25(29,30)31)38-13-22(18-5-3-2-4-6-18)7-8-23(12-33-22,21(32)37)36-14-34-35-15-36/h2-6,9-11,15-17,33,37H,7-8,12-14H2,1H3;2-6,9-11,14-16,33H,7-8,12-13H2,1H3,(H2,32,37)/t17-,23-,24-;16-,22-,23-/m11/s1. The van der Waals surface area contributed by atoms with Gasteiger partial charge in [0.2, 0.25) is 5.91 Å². The topological polar surface area (TPSA) is 184 Å². The molecule has 26 heteroatoms. The third-order valence-electron chi connectivity index (χ3n) is 14.3. The Morgan fingerprint density at radius 1 is 0.558 bits per heavy atom. The summed E-state index contributed by atoms with van der Waals surface area (Å²) in [6, 6.07) is 20.8. The summed E-state index contributed by atoms with van der Waals surface area (Å²) >= 11 is 0. The molecule has 414 valence electrons. The van der Waals surface area contributed by atoms with Crippen LogP contribution >= 0.6 is 0 Å². The number of nitrogens with one attached hydrogen (secondary N) is 2. The van der Waals surface area contributed by atoms with Crippen LogP contribution in [-0.2, 0) is 65.9 Å². The molecule has 4 aromatic carbocycles. The second kappa shape index (κ2) is 22.3. The number of ketones is 1. The van der Waals surface area contributed by atoms with Crippen LogP contribution in [-0.4, -0.2) is 79.2 Å². The number of halogens is 12. The summed E-state index contributed by atoms with van der Waals surface area (Å²) in [5, 5.41) is 31.3. The second-order valence-electron chi connectivity index (χ2n) is 18.9. The Balaban J connectivity index is 0.000000224. The molecule has 2 aliphatic rings. The number of ether oxygens (including phenoxy) is 2. The van der Waals surface area contributed by atoms with Crippen molar-refractivity contribution in [1.29, 1.82) is 0 Å². The van der Waals surface area contributed by atoms with Gasteiger partial charge in [-0.2, -0.15) is 52.7 Å². The molecule has 4 heterocycles. The molecule has 0 radical (unpaired) electrons. The molecule has 1 amide bonds. The number of rotatable bonds is 15. The van der Waals surface area contributed by atoms with E-state index in [1.54, 1.807) is 36.4 Å². The highest BCUT2D eigenvalue weighted by atomic mass is 19.4. The number of hydrogen-bond donors (Lipinski definition) is 4. The Labute approximate surface area is 432 Å². The maximum absolute atomic E-state index is 13.4. The first kappa shape index (κ1) is 58.0. The molecule has 2 fully saturated rings. The average molecular weight is 1100 g/mol. The van der Waals surface area contributed by atoms with E-state index in [9.17, 15) is 67.4 Å². The predicted octanol–water partition coefficient (Wildman–Crippen LogP) is 9.18. The van der Waals surface area contributed by atoms with Crippen molar-refractivity contribution in [2.45, 2.75) is 98.6 Å². The van der Waals surface area contributed by atoms with Crippen LogP contribution in [0.15, 0.2) is 122 Å². The van der Waals surface area contributed by atoms with E-state index in [1.165, 1.54) is 48.3 Å². The number of Topliss-reactive ketones (excluding diaryl/α,β-unsaturated/α-hetero) is 1. The molecule has 0 saturated carbocycles. The number of aliphatic hydroxyl groups is 1. The summed E-state index contributed by atoms with van der Waals surface area (Å²) in [7, 11) is 0. The van der Waals surface area contributed by atoms with Crippen molar-refractivity contribution in [1.82, 2.24) is 40.2 Å². The van der Waals surface area contributed by atoms with Crippen molar-refractivity contribution in [3.8, 4) is 0 Å². The minimum atomic E-state index is -4.98. The molecule has 0 spiro atoms. The third kappa shape index (κ3) is 12.7. The van der Waals surface area contributed by atoms with E-state index in [-0.39, 0.29) is 68.8 Å². The largest absolute Gasteiger partial charge is 0.416 e. The molecule has 6 aromatic rings. The Hall–Kier alpha value is -6.74. The zero-order valence-corrected chi connectivity index (χ0v) is 40.9. The average Bonchev–Trinajstić information content (AvgIpc) is 4.18. The number of aromatic nitrogens is 6. The van der Waals surface area contributed by atoms with Gasteiger partial charge in [0.05, 0.1) is 58.8 Å². The summed E-state index contributed by atoms with van der Waals surface area (Å²) < 4.78 is 175. The Morgan fingerprint density at radius 3 is 1.17 bits per heavy atom. The van der Waals surface area contributed by atoms with Gasteiger partial charge in [0.25, 0.3) is 0 Å². The minimum absolute atomic E-state index is 0.0405. The number of primary amides is 1. The van der Waals surface area contributed by atoms with Crippen molar-refractivity contribution < 1.29 is 76.9 Å². The number of carbonyl (C=O) groups is 2. The van der Waals surface area contributed by atoms with Crippen LogP contribution in [0.2, 0.25) is 0 Å². The number of benzene rings is 4. The molecule has 0 unspecified atom stereocenters. The van der Waals surface area contributed by atoms with Crippen LogP contribution in [0, 0.1) is 0 Å². The van der Waals surface area contributed by atoms with Crippen LogP contribution in [0.1, 0.15) is 96.2 Å². The van der Waals surface area contributed by atoms with E-state index in [0.717, 1.165) is 11.1 Å². The number of nitrogens with zero attached hydrogens (tertiary/aromatic N) is 6. The van der Waals surface area contributed by atoms with Crippen LogP contribution in [0.3, 0.4) is 0 Å². The highest BCUT2D eigenvalue weighted by Gasteiger charge is 2.51. The number of aliphatic hydroxyl groups excluding tert-OH is 1. The van der Waals surface area contributed by atoms with Crippen molar-refractivity contribution in [3.63, 3.8) is 0 Å². The maximum Gasteiger partial charge on any atom is 0.416 e. The summed E-state index contributed by atoms with van der Waals surface area (Å²) in [5.74, 6) is -1.07. The maximum atomic E-state index is 13.4. The van der Waals surface area contributed by atoms with E-state index in [1.807, 2.05) is 24.3 Å². The van der Waals surface area contributed by atoms with E-state index in [2.05, 4.69) is 31.0 Å². The van der Waals surface area contributed by atoms with Crippen molar-refractivity contribution in [2.24, 2.45) is 5.73 Å². The summed E-state index contributed by atoms with van der Waals surface area (Å²) in [4.78, 5) is 25.3. The highest BCUT2D eigenvalue weighted by molar-refractivity contribution is 5.88. The van der Waals surface area contributed by atoms with Gasteiger partial charge in [-0.3, -0.25) is 9.59 Å². The minimum Gasteiger partial charge on any atom is -0.388 e. The zero-order chi connectivity index (χ0) is 56.2. The van der Waals surface area contributed by atoms with Gasteiger partial charge < -0.3 is 40.1 Å². The molecule has 14 nitrogen and oxygen atoms in total. The number of piperidine rings is 2. The number of alkyl halides is 12. The van der Waals surface area contributed by atoms with Crippen LogP contribution in [0.25, 0.3) is 0 Å². The first-order valence-corrected chi connectivity index (χ1v) is 23.6. The van der Waals surface area contributed by atoms with E-state index >= 15 is 0 Å². The van der Waals surface area contributed by atoms with Gasteiger partial charge >= 0.3 is 24.7 Å². The molecule has 0 aliphatic carbocycles. The van der Waals surface area contributed by atoms with Crippen molar-refractivity contribution in [3.05, 3.63) is 167 Å². The molecule has 8 rings (SSSR count). The molecule has 2 saturated heterocycles. The summed E-state index contributed by atoms with van der Waals surface area (Å²) in [5.41, 5.74) is -3.12. The van der Waals surface area contributed by atoms with Gasteiger partial charge in [0, 0.05) is 13.1 Å². The van der Waals surface area contributed by atoms with Crippen LogP contribution < -0.4 is 16.4 Å². The van der Waals surface area contributed by atoms with Crippen LogP contribution in [0.4, 0.5) is 52.7 Å². The molecular weight excluding hydrogens is 1050 g/mol. The number of nitrogens with two attached hydrogens (primary N) is 1. The van der Waals surface area contributed by atoms with Gasteiger partial charge in [-0.15, -0.1) is 20.4 Å². The molecule has 2 aliphatic heterocycles. The lowest BCUT2D eigenvalue weighted by molar-refractivity contribution is -0.145. The van der Waals surface area contributed by atoms with Gasteiger partial charge in [-0.1, -0.05) is 60.7 Å². The monoisotopic (exact) mass is 1100 g/mol. The Bertz CT molecular complexity index is 2860. The van der Waals surface area contributed by atoms with Crippen LogP contribution in [0.5, 0.6) is 0 Å². The number of amides is 1. The van der Waals surface area contributed by atoms with Crippen molar-refractivity contribution >= 4 is 11.7 Å². The summed E-state index contributed by atoms with van der Waals surface area (Å²) in [6.07, 6.45) is -15.5. The molecule has 2 aromatic heterocycles. The Kier molecular flexibility index (Phi) is 16.8. The highest BCUT2D eigenvalue weighted by Crippen LogP contribution is 2.44. The first-order valence-electron chi connectivity index (χ1n) is 23.6. The van der Waals surface area contributed by atoms with Gasteiger partial charge in [0.1, 0.15) is 43.0 Å².